The minimum absolute atomic E-state index is 0.0346. The van der Waals surface area contributed by atoms with E-state index in [1.807, 2.05) is 0 Å². The molecule has 0 bridgehead atoms. The number of anilines is 1. The molecule has 0 saturated carbocycles. The van der Waals surface area contributed by atoms with Gasteiger partial charge in [-0.25, -0.2) is 4.98 Å². The topological polar surface area (TPSA) is 64.0 Å². The van der Waals surface area contributed by atoms with Crippen molar-refractivity contribution in [1.29, 1.82) is 0 Å². The van der Waals surface area contributed by atoms with Crippen molar-refractivity contribution in [2.75, 3.05) is 5.32 Å². The van der Waals surface area contributed by atoms with Crippen molar-refractivity contribution in [2.45, 2.75) is 12.7 Å². The number of aromatic nitrogens is 2. The lowest BCUT2D eigenvalue weighted by atomic mass is 10.1. The summed E-state index contributed by atoms with van der Waals surface area (Å²) in [6.45, 7) is -0.209. The molecule has 0 saturated heterocycles. The second-order valence-electron chi connectivity index (χ2n) is 7.09. The molecular weight excluding hydrogens is 478 g/mol. The van der Waals surface area contributed by atoms with Crippen LogP contribution < -0.4 is 5.32 Å². The van der Waals surface area contributed by atoms with Gasteiger partial charge in [0.15, 0.2) is 0 Å². The summed E-state index contributed by atoms with van der Waals surface area (Å²) < 4.78 is 43.8. The number of carbonyl (C=O) groups is 2. The van der Waals surface area contributed by atoms with E-state index in [9.17, 15) is 22.8 Å². The number of ketones is 1. The molecule has 0 aliphatic carbocycles. The van der Waals surface area contributed by atoms with Crippen LogP contribution in [0.25, 0.3) is 10.9 Å². The Kier molecular flexibility index (Phi) is 6.14. The number of carbonyl (C=O) groups excluding carboxylic acids is 2. The minimum atomic E-state index is -4.94. The lowest BCUT2D eigenvalue weighted by Gasteiger charge is -2.15. The number of nitrogens with zero attached hydrogens (tertiary/aromatic N) is 2. The van der Waals surface area contributed by atoms with Crippen LogP contribution in [0, 0.1) is 0 Å². The zero-order valence-electron chi connectivity index (χ0n) is 16.7. The highest BCUT2D eigenvalue weighted by Crippen LogP contribution is 2.40. The summed E-state index contributed by atoms with van der Waals surface area (Å²) in [4.78, 5) is 29.5. The van der Waals surface area contributed by atoms with Gasteiger partial charge < -0.3 is 9.88 Å². The molecule has 0 atom stereocenters. The Hall–Kier alpha value is -3.36. The Balaban J connectivity index is 1.89. The second-order valence-corrected chi connectivity index (χ2v) is 7.97. The van der Waals surface area contributed by atoms with Crippen LogP contribution in [0.15, 0.2) is 66.9 Å². The van der Waals surface area contributed by atoms with Crippen LogP contribution >= 0.6 is 23.2 Å². The number of Topliss-reactive ketones (excluding diaryl/α,β-unsaturated/α-hetero) is 1. The van der Waals surface area contributed by atoms with Gasteiger partial charge in [0.05, 0.1) is 5.56 Å². The predicted molar refractivity (Wildman–Crippen MR) is 120 cm³/mol. The second kappa shape index (κ2) is 8.88. The molecule has 2 heterocycles. The average molecular weight is 492 g/mol. The van der Waals surface area contributed by atoms with Crippen molar-refractivity contribution in [2.24, 2.45) is 0 Å². The smallest absolute Gasteiger partial charge is 0.332 e. The van der Waals surface area contributed by atoms with Gasteiger partial charge in [0, 0.05) is 33.7 Å². The predicted octanol–water partition coefficient (Wildman–Crippen LogP) is 6.23. The van der Waals surface area contributed by atoms with Crippen molar-refractivity contribution < 1.29 is 22.8 Å². The van der Waals surface area contributed by atoms with E-state index in [1.54, 1.807) is 36.4 Å². The Bertz CT molecular complexity index is 1350. The van der Waals surface area contributed by atoms with Gasteiger partial charge in [-0.3, -0.25) is 9.59 Å². The fourth-order valence-electron chi connectivity index (χ4n) is 3.51. The van der Waals surface area contributed by atoms with Crippen molar-refractivity contribution in [3.8, 4) is 0 Å². The SMILES string of the molecule is O=C(Nc1ccccn1)C(=O)c1c(C(F)(F)F)n(Cc2ccc(Cl)cc2)c2ccc(Cl)cc12. The molecule has 0 radical (unpaired) electrons. The number of hydrogen-bond donors (Lipinski definition) is 1. The summed E-state index contributed by atoms with van der Waals surface area (Å²) in [5.74, 6) is -2.56. The van der Waals surface area contributed by atoms with Gasteiger partial charge in [-0.15, -0.1) is 0 Å². The summed E-state index contributed by atoms with van der Waals surface area (Å²) in [6.07, 6.45) is -3.56. The Morgan fingerprint density at radius 1 is 0.970 bits per heavy atom. The van der Waals surface area contributed by atoms with E-state index in [-0.39, 0.29) is 28.3 Å². The quantitative estimate of drug-likeness (QED) is 0.265. The van der Waals surface area contributed by atoms with E-state index in [0.29, 0.717) is 10.6 Å². The third-order valence-electron chi connectivity index (χ3n) is 4.89. The number of benzene rings is 2. The summed E-state index contributed by atoms with van der Waals surface area (Å²) in [5.41, 5.74) is -1.39. The van der Waals surface area contributed by atoms with Crippen LogP contribution in [0.5, 0.6) is 0 Å². The third kappa shape index (κ3) is 4.72. The van der Waals surface area contributed by atoms with Crippen LogP contribution in [-0.4, -0.2) is 21.2 Å². The summed E-state index contributed by atoms with van der Waals surface area (Å²) in [5, 5.41) is 2.72. The van der Waals surface area contributed by atoms with Gasteiger partial charge in [0.1, 0.15) is 11.5 Å². The van der Waals surface area contributed by atoms with Crippen LogP contribution in [0.1, 0.15) is 21.6 Å². The van der Waals surface area contributed by atoms with E-state index in [0.717, 1.165) is 4.57 Å². The summed E-state index contributed by atoms with van der Waals surface area (Å²) >= 11 is 11.9. The molecule has 33 heavy (non-hydrogen) atoms. The molecular formula is C23H14Cl2F3N3O2. The van der Waals surface area contributed by atoms with Gasteiger partial charge in [-0.1, -0.05) is 41.4 Å². The number of hydrogen-bond acceptors (Lipinski definition) is 3. The molecule has 1 amide bonds. The Morgan fingerprint density at radius 3 is 2.30 bits per heavy atom. The average Bonchev–Trinajstić information content (AvgIpc) is 3.09. The highest BCUT2D eigenvalue weighted by Gasteiger charge is 2.42. The normalized spacial score (nSPS) is 11.5. The number of fused-ring (bicyclic) bond motifs is 1. The summed E-state index contributed by atoms with van der Waals surface area (Å²) in [6, 6.07) is 14.9. The van der Waals surface area contributed by atoms with Gasteiger partial charge >= 0.3 is 6.18 Å². The number of nitrogens with one attached hydrogen (secondary N) is 1. The fourth-order valence-corrected chi connectivity index (χ4v) is 3.81. The number of amides is 1. The molecule has 2 aromatic heterocycles. The Morgan fingerprint density at radius 2 is 1.67 bits per heavy atom. The van der Waals surface area contributed by atoms with Crippen molar-refractivity contribution >= 4 is 51.6 Å². The van der Waals surface area contributed by atoms with Gasteiger partial charge in [0.25, 0.3) is 11.7 Å². The van der Waals surface area contributed by atoms with E-state index in [4.69, 9.17) is 23.2 Å². The molecule has 2 aromatic carbocycles. The zero-order valence-corrected chi connectivity index (χ0v) is 18.2. The number of halogens is 5. The van der Waals surface area contributed by atoms with E-state index in [2.05, 4.69) is 10.3 Å². The van der Waals surface area contributed by atoms with Gasteiger partial charge in [0.2, 0.25) is 0 Å². The van der Waals surface area contributed by atoms with E-state index in [1.165, 1.54) is 30.5 Å². The van der Waals surface area contributed by atoms with Crippen molar-refractivity contribution in [1.82, 2.24) is 9.55 Å². The molecule has 168 valence electrons. The maximum absolute atomic E-state index is 14.3. The third-order valence-corrected chi connectivity index (χ3v) is 5.37. The van der Waals surface area contributed by atoms with Crippen LogP contribution in [-0.2, 0) is 17.5 Å². The molecule has 10 heteroatoms. The fraction of sp³-hybridized carbons (Fsp3) is 0.0870. The summed E-state index contributed by atoms with van der Waals surface area (Å²) in [7, 11) is 0. The van der Waals surface area contributed by atoms with Crippen molar-refractivity contribution in [3.05, 3.63) is 93.7 Å². The molecule has 4 aromatic rings. The number of alkyl halides is 3. The molecule has 4 rings (SSSR count). The maximum atomic E-state index is 14.3. The van der Waals surface area contributed by atoms with Crippen LogP contribution in [0.2, 0.25) is 10.0 Å². The zero-order chi connectivity index (χ0) is 23.8. The lowest BCUT2D eigenvalue weighted by molar-refractivity contribution is -0.143. The van der Waals surface area contributed by atoms with E-state index < -0.39 is 29.1 Å². The molecule has 0 unspecified atom stereocenters. The lowest BCUT2D eigenvalue weighted by Crippen LogP contribution is -2.26. The monoisotopic (exact) mass is 491 g/mol. The first-order valence-electron chi connectivity index (χ1n) is 9.55. The van der Waals surface area contributed by atoms with Crippen molar-refractivity contribution in [3.63, 3.8) is 0 Å². The maximum Gasteiger partial charge on any atom is 0.432 e. The number of pyridine rings is 1. The first kappa shape index (κ1) is 22.8. The highest BCUT2D eigenvalue weighted by atomic mass is 35.5. The van der Waals surface area contributed by atoms with Gasteiger partial charge in [-0.2, -0.15) is 13.2 Å². The molecule has 1 N–H and O–H groups in total. The molecule has 0 spiro atoms. The van der Waals surface area contributed by atoms with E-state index >= 15 is 0 Å². The first-order valence-corrected chi connectivity index (χ1v) is 10.3. The molecule has 0 aliphatic rings. The van der Waals surface area contributed by atoms with Crippen LogP contribution in [0.4, 0.5) is 19.0 Å². The molecule has 5 nitrogen and oxygen atoms in total. The molecule has 0 fully saturated rings. The Labute approximate surface area is 195 Å². The largest absolute Gasteiger partial charge is 0.432 e. The highest BCUT2D eigenvalue weighted by molar-refractivity contribution is 6.49. The minimum Gasteiger partial charge on any atom is -0.332 e. The standard InChI is InChI=1S/C23H14Cl2F3N3O2/c24-14-6-4-13(5-7-14)12-31-17-9-8-15(25)11-16(17)19(21(31)23(26,27)28)20(32)22(33)30-18-3-1-2-10-29-18/h1-11H,12H2,(H,29,30,33). The number of rotatable bonds is 5. The van der Waals surface area contributed by atoms with Crippen LogP contribution in [0.3, 0.4) is 0 Å². The van der Waals surface area contributed by atoms with Gasteiger partial charge in [-0.05, 0) is 48.0 Å². The molecule has 0 aliphatic heterocycles. The first-order chi connectivity index (χ1) is 15.6.